The standard InChI is InChI=1S/C23H27N3O7/c24-22(30)19(12-21(29)32-14-16-7-3-1-4-8-16)26-20(28)11-18(27)13-25-23(31)33-15-17-9-5-2-6-10-17/h1-10,18-19,27H,11-15H2,(H2,24,30)(H,25,31)(H,26,28)/t18-,19-/m0/s1. The van der Waals surface area contributed by atoms with Gasteiger partial charge >= 0.3 is 12.1 Å². The normalized spacial score (nSPS) is 12.2. The van der Waals surface area contributed by atoms with Gasteiger partial charge < -0.3 is 30.9 Å². The van der Waals surface area contributed by atoms with Crippen LogP contribution in [0.15, 0.2) is 60.7 Å². The van der Waals surface area contributed by atoms with E-state index in [9.17, 15) is 24.3 Å². The number of esters is 1. The zero-order chi connectivity index (χ0) is 24.1. The Morgan fingerprint density at radius 1 is 0.848 bits per heavy atom. The number of benzene rings is 2. The van der Waals surface area contributed by atoms with Crippen LogP contribution in [-0.2, 0) is 37.1 Å². The van der Waals surface area contributed by atoms with Gasteiger partial charge in [-0.15, -0.1) is 0 Å². The molecular weight excluding hydrogens is 430 g/mol. The van der Waals surface area contributed by atoms with E-state index in [1.165, 1.54) is 0 Å². The summed E-state index contributed by atoms with van der Waals surface area (Å²) in [6, 6.07) is 16.7. The Kier molecular flexibility index (Phi) is 10.4. The summed E-state index contributed by atoms with van der Waals surface area (Å²) < 4.78 is 10.1. The molecule has 0 aliphatic rings. The first-order chi connectivity index (χ1) is 15.8. The Hall–Kier alpha value is -3.92. The molecule has 33 heavy (non-hydrogen) atoms. The van der Waals surface area contributed by atoms with E-state index in [1.54, 1.807) is 48.5 Å². The molecule has 0 spiro atoms. The first-order valence-electron chi connectivity index (χ1n) is 10.2. The van der Waals surface area contributed by atoms with Crippen LogP contribution < -0.4 is 16.4 Å². The van der Waals surface area contributed by atoms with Gasteiger partial charge in [0.05, 0.1) is 18.9 Å². The van der Waals surface area contributed by atoms with Crippen LogP contribution in [-0.4, -0.2) is 47.7 Å². The quantitative estimate of drug-likeness (QED) is 0.343. The van der Waals surface area contributed by atoms with Crippen molar-refractivity contribution < 1.29 is 33.8 Å². The number of rotatable bonds is 12. The van der Waals surface area contributed by atoms with Crippen LogP contribution in [0.5, 0.6) is 0 Å². The van der Waals surface area contributed by atoms with Crippen LogP contribution >= 0.6 is 0 Å². The Morgan fingerprint density at radius 2 is 1.39 bits per heavy atom. The summed E-state index contributed by atoms with van der Waals surface area (Å²) in [6.45, 7) is -0.171. The van der Waals surface area contributed by atoms with Crippen molar-refractivity contribution in [1.29, 1.82) is 0 Å². The summed E-state index contributed by atoms with van der Waals surface area (Å²) in [5.41, 5.74) is 6.82. The number of carbonyl (C=O) groups is 4. The predicted molar refractivity (Wildman–Crippen MR) is 117 cm³/mol. The molecule has 10 nitrogen and oxygen atoms in total. The molecule has 0 unspecified atom stereocenters. The molecule has 2 aromatic carbocycles. The Morgan fingerprint density at radius 3 is 1.94 bits per heavy atom. The number of alkyl carbamates (subject to hydrolysis) is 1. The van der Waals surface area contributed by atoms with E-state index in [0.717, 1.165) is 11.1 Å². The van der Waals surface area contributed by atoms with Gasteiger partial charge in [0.1, 0.15) is 19.3 Å². The number of nitrogens with two attached hydrogens (primary N) is 1. The fourth-order valence-corrected chi connectivity index (χ4v) is 2.70. The number of aliphatic hydroxyl groups excluding tert-OH is 1. The van der Waals surface area contributed by atoms with Crippen molar-refractivity contribution in [3.8, 4) is 0 Å². The van der Waals surface area contributed by atoms with Crippen molar-refractivity contribution >= 4 is 23.9 Å². The molecule has 2 aromatic rings. The highest BCUT2D eigenvalue weighted by Crippen LogP contribution is 2.04. The molecule has 0 aliphatic carbocycles. The number of nitrogens with one attached hydrogen (secondary N) is 2. The highest BCUT2D eigenvalue weighted by molar-refractivity contribution is 5.90. The van der Waals surface area contributed by atoms with Gasteiger partial charge in [0.2, 0.25) is 11.8 Å². The van der Waals surface area contributed by atoms with Crippen LogP contribution in [0.2, 0.25) is 0 Å². The maximum atomic E-state index is 12.1. The molecule has 3 amide bonds. The smallest absolute Gasteiger partial charge is 0.407 e. The lowest BCUT2D eigenvalue weighted by atomic mass is 10.1. The van der Waals surface area contributed by atoms with Crippen molar-refractivity contribution in [2.75, 3.05) is 6.54 Å². The number of primary amides is 1. The van der Waals surface area contributed by atoms with Crippen molar-refractivity contribution in [2.45, 2.75) is 38.2 Å². The minimum absolute atomic E-state index is 0.0177. The summed E-state index contributed by atoms with van der Waals surface area (Å²) in [7, 11) is 0. The molecule has 176 valence electrons. The van der Waals surface area contributed by atoms with Crippen LogP contribution in [0, 0.1) is 0 Å². The summed E-state index contributed by atoms with van der Waals surface area (Å²) in [4.78, 5) is 47.4. The van der Waals surface area contributed by atoms with Gasteiger partial charge in [-0.3, -0.25) is 14.4 Å². The molecule has 0 aromatic heterocycles. The number of hydrogen-bond acceptors (Lipinski definition) is 7. The molecule has 0 saturated carbocycles. The monoisotopic (exact) mass is 457 g/mol. The fourth-order valence-electron chi connectivity index (χ4n) is 2.70. The molecule has 0 radical (unpaired) electrons. The lowest BCUT2D eigenvalue weighted by molar-refractivity contribution is -0.147. The molecular formula is C23H27N3O7. The van der Waals surface area contributed by atoms with Crippen LogP contribution in [0.4, 0.5) is 4.79 Å². The van der Waals surface area contributed by atoms with E-state index in [-0.39, 0.29) is 19.8 Å². The Labute approximate surface area is 191 Å². The van der Waals surface area contributed by atoms with Crippen LogP contribution in [0.25, 0.3) is 0 Å². The third-order valence-corrected chi connectivity index (χ3v) is 4.41. The lowest BCUT2D eigenvalue weighted by Gasteiger charge is -2.17. The molecule has 0 fully saturated rings. The summed E-state index contributed by atoms with van der Waals surface area (Å²) >= 11 is 0. The van der Waals surface area contributed by atoms with E-state index >= 15 is 0 Å². The minimum atomic E-state index is -1.29. The Balaban J connectivity index is 1.69. The fraction of sp³-hybridized carbons (Fsp3) is 0.304. The summed E-state index contributed by atoms with van der Waals surface area (Å²) in [5.74, 6) is -2.36. The maximum absolute atomic E-state index is 12.1. The van der Waals surface area contributed by atoms with Crippen molar-refractivity contribution in [3.05, 3.63) is 71.8 Å². The first-order valence-corrected chi connectivity index (χ1v) is 10.2. The van der Waals surface area contributed by atoms with Gasteiger partial charge in [-0.05, 0) is 11.1 Å². The zero-order valence-corrected chi connectivity index (χ0v) is 17.9. The molecule has 10 heteroatoms. The molecule has 2 atom stereocenters. The highest BCUT2D eigenvalue weighted by atomic mass is 16.5. The van der Waals surface area contributed by atoms with E-state index in [4.69, 9.17) is 15.2 Å². The summed E-state index contributed by atoms with van der Waals surface area (Å²) in [6.07, 6.45) is -2.88. The first kappa shape index (κ1) is 25.3. The number of amides is 3. The largest absolute Gasteiger partial charge is 0.461 e. The number of ether oxygens (including phenoxy) is 2. The van der Waals surface area contributed by atoms with E-state index in [0.29, 0.717) is 0 Å². The minimum Gasteiger partial charge on any atom is -0.461 e. The topological polar surface area (TPSA) is 157 Å². The van der Waals surface area contributed by atoms with Crippen molar-refractivity contribution in [3.63, 3.8) is 0 Å². The van der Waals surface area contributed by atoms with E-state index in [2.05, 4.69) is 10.6 Å². The van der Waals surface area contributed by atoms with Crippen LogP contribution in [0.1, 0.15) is 24.0 Å². The predicted octanol–water partition coefficient (Wildman–Crippen LogP) is 0.767. The molecule has 0 heterocycles. The molecule has 0 aliphatic heterocycles. The third kappa shape index (κ3) is 10.3. The lowest BCUT2D eigenvalue weighted by Crippen LogP contribution is -2.47. The zero-order valence-electron chi connectivity index (χ0n) is 17.9. The number of hydrogen-bond donors (Lipinski definition) is 4. The number of aliphatic hydroxyl groups is 1. The van der Waals surface area contributed by atoms with Gasteiger partial charge in [0.25, 0.3) is 0 Å². The van der Waals surface area contributed by atoms with E-state index in [1.807, 2.05) is 12.1 Å². The average molecular weight is 457 g/mol. The number of carbonyl (C=O) groups excluding carboxylic acids is 4. The van der Waals surface area contributed by atoms with Gasteiger partial charge in [0, 0.05) is 6.54 Å². The summed E-state index contributed by atoms with van der Waals surface area (Å²) in [5, 5.41) is 14.6. The second-order valence-electron chi connectivity index (χ2n) is 7.17. The highest BCUT2D eigenvalue weighted by Gasteiger charge is 2.24. The van der Waals surface area contributed by atoms with Gasteiger partial charge in [0.15, 0.2) is 0 Å². The van der Waals surface area contributed by atoms with E-state index < -0.39 is 48.9 Å². The SMILES string of the molecule is NC(=O)[C@H](CC(=O)OCc1ccccc1)NC(=O)C[C@H](O)CNC(=O)OCc1ccccc1. The van der Waals surface area contributed by atoms with Gasteiger partial charge in [-0.25, -0.2) is 4.79 Å². The Bertz CT molecular complexity index is 922. The molecule has 0 saturated heterocycles. The third-order valence-electron chi connectivity index (χ3n) is 4.41. The van der Waals surface area contributed by atoms with Gasteiger partial charge in [-0.2, -0.15) is 0 Å². The maximum Gasteiger partial charge on any atom is 0.407 e. The molecule has 0 bridgehead atoms. The molecule has 2 rings (SSSR count). The van der Waals surface area contributed by atoms with Crippen LogP contribution in [0.3, 0.4) is 0 Å². The average Bonchev–Trinajstić information content (AvgIpc) is 2.81. The second-order valence-corrected chi connectivity index (χ2v) is 7.17. The van der Waals surface area contributed by atoms with Crippen molar-refractivity contribution in [2.24, 2.45) is 5.73 Å². The molecule has 5 N–H and O–H groups in total. The second kappa shape index (κ2) is 13.5. The van der Waals surface area contributed by atoms with Crippen molar-refractivity contribution in [1.82, 2.24) is 10.6 Å². The van der Waals surface area contributed by atoms with Gasteiger partial charge in [-0.1, -0.05) is 60.7 Å².